The summed E-state index contributed by atoms with van der Waals surface area (Å²) < 4.78 is 5.33. The molecule has 0 aliphatic carbocycles. The van der Waals surface area contributed by atoms with Crippen molar-refractivity contribution in [2.75, 3.05) is 0 Å². The van der Waals surface area contributed by atoms with Gasteiger partial charge in [-0.3, -0.25) is 4.79 Å². The third kappa shape index (κ3) is 9.00. The van der Waals surface area contributed by atoms with Crippen molar-refractivity contribution in [2.24, 2.45) is 0 Å². The predicted molar refractivity (Wildman–Crippen MR) is 130 cm³/mol. The first-order valence-electron chi connectivity index (χ1n) is 11.4. The second-order valence-corrected chi connectivity index (χ2v) is 9.00. The summed E-state index contributed by atoms with van der Waals surface area (Å²) in [6.07, 6.45) is 16.7. The summed E-state index contributed by atoms with van der Waals surface area (Å²) in [6.45, 7) is 10.9. The Morgan fingerprint density at radius 2 is 1.42 bits per heavy atom. The summed E-state index contributed by atoms with van der Waals surface area (Å²) in [7, 11) is 0. The zero-order valence-corrected chi connectivity index (χ0v) is 19.9. The molecule has 0 atom stereocenters. The number of esters is 1. The number of fused-ring (bicyclic) bond motifs is 1. The van der Waals surface area contributed by atoms with Gasteiger partial charge in [-0.1, -0.05) is 46.6 Å². The number of phenols is 1. The van der Waals surface area contributed by atoms with Gasteiger partial charge in [-0.2, -0.15) is 0 Å². The SMILES string of the molecule is CC(C)=CCC/C(C)=C/CC/C(C)=C/CC/C(C)=C/Cc1cc(O)cc2c1OC(=O)C2. The van der Waals surface area contributed by atoms with Crippen molar-refractivity contribution in [1.29, 1.82) is 0 Å². The predicted octanol–water partition coefficient (Wildman–Crippen LogP) is 7.54. The van der Waals surface area contributed by atoms with E-state index >= 15 is 0 Å². The molecule has 0 radical (unpaired) electrons. The zero-order valence-electron chi connectivity index (χ0n) is 19.9. The standard InChI is InChI=1S/C28H38O3/c1-20(2)9-6-10-21(3)11-7-12-22(4)13-8-14-23(5)15-16-24-17-26(29)18-25-19-27(30)31-28(24)25/h9,11,13,15,17-18,29H,6-8,10,12,14,16,19H2,1-5H3/b21-11+,22-13+,23-15+. The van der Waals surface area contributed by atoms with E-state index in [-0.39, 0.29) is 18.1 Å². The van der Waals surface area contributed by atoms with Crippen molar-refractivity contribution in [3.05, 3.63) is 69.9 Å². The Labute approximate surface area is 188 Å². The maximum atomic E-state index is 11.6. The molecule has 1 heterocycles. The number of allylic oxidation sites excluding steroid dienone is 8. The first kappa shape index (κ1) is 24.7. The second-order valence-electron chi connectivity index (χ2n) is 9.00. The highest BCUT2D eigenvalue weighted by atomic mass is 16.5. The number of ether oxygens (including phenoxy) is 1. The zero-order chi connectivity index (χ0) is 22.8. The first-order chi connectivity index (χ1) is 14.7. The van der Waals surface area contributed by atoms with Gasteiger partial charge in [0.2, 0.25) is 0 Å². The molecular formula is C28H38O3. The third-order valence-corrected chi connectivity index (χ3v) is 5.60. The minimum Gasteiger partial charge on any atom is -0.508 e. The van der Waals surface area contributed by atoms with Crippen molar-refractivity contribution in [3.63, 3.8) is 0 Å². The van der Waals surface area contributed by atoms with Crippen LogP contribution in [0.5, 0.6) is 11.5 Å². The van der Waals surface area contributed by atoms with Crippen LogP contribution in [0.1, 0.15) is 84.3 Å². The Hall–Kier alpha value is -2.55. The Morgan fingerprint density at radius 1 is 0.871 bits per heavy atom. The molecule has 2 rings (SSSR count). The Balaban J connectivity index is 1.76. The van der Waals surface area contributed by atoms with Gasteiger partial charge in [-0.15, -0.1) is 0 Å². The Bertz CT molecular complexity index is 893. The van der Waals surface area contributed by atoms with E-state index in [1.54, 1.807) is 12.1 Å². The largest absolute Gasteiger partial charge is 0.508 e. The van der Waals surface area contributed by atoms with E-state index in [0.29, 0.717) is 12.2 Å². The average molecular weight is 423 g/mol. The molecule has 0 spiro atoms. The minimum atomic E-state index is -0.249. The molecule has 0 amide bonds. The molecule has 0 aromatic heterocycles. The van der Waals surface area contributed by atoms with Gasteiger partial charge in [0.25, 0.3) is 0 Å². The molecule has 0 bridgehead atoms. The van der Waals surface area contributed by atoms with E-state index in [1.165, 1.54) is 22.3 Å². The van der Waals surface area contributed by atoms with Crippen LogP contribution >= 0.6 is 0 Å². The maximum absolute atomic E-state index is 11.6. The molecule has 0 saturated heterocycles. The van der Waals surface area contributed by atoms with Gasteiger partial charge in [-0.25, -0.2) is 0 Å². The summed E-state index contributed by atoms with van der Waals surface area (Å²) in [6, 6.07) is 3.31. The lowest BCUT2D eigenvalue weighted by Crippen LogP contribution is -2.01. The number of carbonyl (C=O) groups excluding carboxylic acids is 1. The molecular weight excluding hydrogens is 384 g/mol. The van der Waals surface area contributed by atoms with Crippen LogP contribution in [0.25, 0.3) is 0 Å². The monoisotopic (exact) mass is 422 g/mol. The molecule has 1 aromatic rings. The van der Waals surface area contributed by atoms with E-state index in [4.69, 9.17) is 4.74 Å². The summed E-state index contributed by atoms with van der Waals surface area (Å²) in [5.74, 6) is 0.575. The molecule has 1 aliphatic heterocycles. The van der Waals surface area contributed by atoms with Crippen molar-refractivity contribution in [1.82, 2.24) is 0 Å². The highest BCUT2D eigenvalue weighted by Crippen LogP contribution is 2.34. The van der Waals surface area contributed by atoms with Gasteiger partial charge in [0.15, 0.2) is 0 Å². The van der Waals surface area contributed by atoms with Crippen LogP contribution in [0.2, 0.25) is 0 Å². The number of rotatable bonds is 11. The Morgan fingerprint density at radius 3 is 2.00 bits per heavy atom. The van der Waals surface area contributed by atoms with E-state index < -0.39 is 0 Å². The van der Waals surface area contributed by atoms with Gasteiger partial charge in [0.05, 0.1) is 6.42 Å². The minimum absolute atomic E-state index is 0.192. The van der Waals surface area contributed by atoms with Crippen LogP contribution in [0.3, 0.4) is 0 Å². The smallest absolute Gasteiger partial charge is 0.315 e. The van der Waals surface area contributed by atoms with Gasteiger partial charge in [0, 0.05) is 11.1 Å². The molecule has 1 N–H and O–H groups in total. The van der Waals surface area contributed by atoms with Crippen molar-refractivity contribution < 1.29 is 14.6 Å². The molecule has 0 fully saturated rings. The molecule has 0 saturated carbocycles. The van der Waals surface area contributed by atoms with Crippen LogP contribution in [0.15, 0.2) is 58.7 Å². The number of hydrogen-bond acceptors (Lipinski definition) is 3. The number of aromatic hydroxyl groups is 1. The molecule has 31 heavy (non-hydrogen) atoms. The summed E-state index contributed by atoms with van der Waals surface area (Å²) in [4.78, 5) is 11.6. The number of phenolic OH excluding ortho intramolecular Hbond substituents is 1. The lowest BCUT2D eigenvalue weighted by atomic mass is 10.0. The van der Waals surface area contributed by atoms with E-state index in [9.17, 15) is 9.90 Å². The van der Waals surface area contributed by atoms with E-state index in [2.05, 4.69) is 58.9 Å². The lowest BCUT2D eigenvalue weighted by Gasteiger charge is -2.07. The van der Waals surface area contributed by atoms with Crippen molar-refractivity contribution >= 4 is 5.97 Å². The van der Waals surface area contributed by atoms with Gasteiger partial charge < -0.3 is 9.84 Å². The maximum Gasteiger partial charge on any atom is 0.315 e. The van der Waals surface area contributed by atoms with Crippen LogP contribution in [0.4, 0.5) is 0 Å². The lowest BCUT2D eigenvalue weighted by molar-refractivity contribution is -0.131. The second kappa shape index (κ2) is 12.3. The number of hydrogen-bond donors (Lipinski definition) is 1. The summed E-state index contributed by atoms with van der Waals surface area (Å²) in [5, 5.41) is 9.90. The average Bonchev–Trinajstić information content (AvgIpc) is 3.05. The fourth-order valence-corrected chi connectivity index (χ4v) is 3.73. The molecule has 1 aliphatic rings. The quantitative estimate of drug-likeness (QED) is 0.227. The van der Waals surface area contributed by atoms with Crippen molar-refractivity contribution in [3.8, 4) is 11.5 Å². The number of carbonyl (C=O) groups is 1. The summed E-state index contributed by atoms with van der Waals surface area (Å²) >= 11 is 0. The van der Waals surface area contributed by atoms with Crippen LogP contribution in [0, 0.1) is 0 Å². The highest BCUT2D eigenvalue weighted by Gasteiger charge is 2.23. The van der Waals surface area contributed by atoms with Crippen LogP contribution in [-0.2, 0) is 17.6 Å². The molecule has 3 heteroatoms. The van der Waals surface area contributed by atoms with Crippen LogP contribution < -0.4 is 4.74 Å². The van der Waals surface area contributed by atoms with Gasteiger partial charge >= 0.3 is 5.97 Å². The normalized spacial score (nSPS) is 14.5. The third-order valence-electron chi connectivity index (χ3n) is 5.60. The van der Waals surface area contributed by atoms with Crippen molar-refractivity contribution in [2.45, 2.75) is 86.0 Å². The molecule has 3 nitrogen and oxygen atoms in total. The highest BCUT2D eigenvalue weighted by molar-refractivity contribution is 5.82. The van der Waals surface area contributed by atoms with Gasteiger partial charge in [0.1, 0.15) is 11.5 Å². The van der Waals surface area contributed by atoms with E-state index in [0.717, 1.165) is 49.7 Å². The van der Waals surface area contributed by atoms with Gasteiger partial charge in [-0.05, 0) is 91.7 Å². The molecule has 0 unspecified atom stereocenters. The first-order valence-corrected chi connectivity index (χ1v) is 11.4. The Kier molecular flexibility index (Phi) is 9.84. The number of benzene rings is 1. The fraction of sp³-hybridized carbons (Fsp3) is 0.464. The summed E-state index contributed by atoms with van der Waals surface area (Å²) in [5.41, 5.74) is 7.28. The molecule has 1 aromatic carbocycles. The van der Waals surface area contributed by atoms with Crippen LogP contribution in [-0.4, -0.2) is 11.1 Å². The van der Waals surface area contributed by atoms with E-state index in [1.807, 2.05) is 0 Å². The molecule has 168 valence electrons. The fourth-order valence-electron chi connectivity index (χ4n) is 3.73. The topological polar surface area (TPSA) is 46.5 Å².